The van der Waals surface area contributed by atoms with Crippen LogP contribution >= 0.6 is 0 Å². The van der Waals surface area contributed by atoms with Crippen molar-refractivity contribution in [3.8, 4) is 5.75 Å². The zero-order chi connectivity index (χ0) is 32.1. The highest BCUT2D eigenvalue weighted by atomic mass is 16.5. The Morgan fingerprint density at radius 3 is 2.18 bits per heavy atom. The summed E-state index contributed by atoms with van der Waals surface area (Å²) in [6, 6.07) is 20.3. The summed E-state index contributed by atoms with van der Waals surface area (Å²) in [5.74, 6) is -2.86. The van der Waals surface area contributed by atoms with E-state index in [4.69, 9.17) is 30.5 Å². The van der Waals surface area contributed by atoms with E-state index >= 15 is 0 Å². The summed E-state index contributed by atoms with van der Waals surface area (Å²) >= 11 is 0. The van der Waals surface area contributed by atoms with E-state index in [0.29, 0.717) is 11.1 Å². The van der Waals surface area contributed by atoms with E-state index in [0.717, 1.165) is 5.56 Å². The van der Waals surface area contributed by atoms with Crippen molar-refractivity contribution >= 4 is 35.8 Å². The van der Waals surface area contributed by atoms with Crippen molar-refractivity contribution in [3.63, 3.8) is 0 Å². The van der Waals surface area contributed by atoms with Crippen LogP contribution in [0.25, 0.3) is 6.08 Å². The van der Waals surface area contributed by atoms with E-state index in [1.807, 2.05) is 18.2 Å². The molecule has 0 amide bonds. The summed E-state index contributed by atoms with van der Waals surface area (Å²) in [5, 5.41) is 20.2. The van der Waals surface area contributed by atoms with Gasteiger partial charge in [0.25, 0.3) is 0 Å². The summed E-state index contributed by atoms with van der Waals surface area (Å²) in [7, 11) is 0. The molecule has 1 atom stereocenters. The third-order valence-corrected chi connectivity index (χ3v) is 6.09. The number of nitrogens with one attached hydrogen (secondary N) is 2. The number of carbonyl (C=O) groups excluding carboxylic acids is 3. The Bertz CT molecular complexity index is 1550. The Morgan fingerprint density at radius 1 is 0.932 bits per heavy atom. The molecule has 11 heteroatoms. The zero-order valence-electron chi connectivity index (χ0n) is 24.2. The number of esters is 3. The minimum Gasteiger partial charge on any atom is -0.478 e. The van der Waals surface area contributed by atoms with Crippen LogP contribution in [0.4, 0.5) is 0 Å². The quantitative estimate of drug-likeness (QED) is 0.0741. The molecule has 0 saturated heterocycles. The Morgan fingerprint density at radius 2 is 1.57 bits per heavy atom. The van der Waals surface area contributed by atoms with Gasteiger partial charge in [-0.1, -0.05) is 42.5 Å². The van der Waals surface area contributed by atoms with Crippen LogP contribution in [0.2, 0.25) is 0 Å². The SMILES string of the molecule is CCOC(=O)C(=CC(N)C(=O)OCc1ccccc1)CNC(=N)c1ccc(OC(=O)c2ccc(C=C(C)C(=O)O)cc2)cc1. The smallest absolute Gasteiger partial charge is 0.343 e. The van der Waals surface area contributed by atoms with Crippen molar-refractivity contribution in [2.75, 3.05) is 13.2 Å². The molecule has 0 radical (unpaired) electrons. The van der Waals surface area contributed by atoms with Crippen LogP contribution in [-0.4, -0.2) is 54.0 Å². The van der Waals surface area contributed by atoms with Crippen molar-refractivity contribution in [2.45, 2.75) is 26.5 Å². The molecule has 0 fully saturated rings. The van der Waals surface area contributed by atoms with Gasteiger partial charge in [-0.3, -0.25) is 10.2 Å². The minimum absolute atomic E-state index is 0.0301. The van der Waals surface area contributed by atoms with E-state index in [-0.39, 0.29) is 48.1 Å². The molecule has 44 heavy (non-hydrogen) atoms. The summed E-state index contributed by atoms with van der Waals surface area (Å²) in [5.41, 5.74) is 8.30. The Hall–Kier alpha value is -5.55. The molecule has 228 valence electrons. The van der Waals surface area contributed by atoms with Crippen molar-refractivity contribution < 1.29 is 38.5 Å². The highest BCUT2D eigenvalue weighted by molar-refractivity contribution is 5.98. The lowest BCUT2D eigenvalue weighted by molar-refractivity contribution is -0.145. The number of aliphatic carboxylic acids is 1. The predicted octanol–water partition coefficient (Wildman–Crippen LogP) is 3.87. The van der Waals surface area contributed by atoms with Crippen LogP contribution in [0, 0.1) is 5.41 Å². The maximum absolute atomic E-state index is 12.5. The highest BCUT2D eigenvalue weighted by Crippen LogP contribution is 2.16. The first-order valence-corrected chi connectivity index (χ1v) is 13.6. The molecule has 0 aliphatic rings. The van der Waals surface area contributed by atoms with Crippen molar-refractivity contribution in [2.24, 2.45) is 5.73 Å². The molecule has 0 aliphatic carbocycles. The third kappa shape index (κ3) is 10.1. The van der Waals surface area contributed by atoms with Crippen LogP contribution in [0.1, 0.15) is 40.9 Å². The molecule has 0 bridgehead atoms. The molecule has 0 aliphatic heterocycles. The normalized spacial score (nSPS) is 12.1. The van der Waals surface area contributed by atoms with Gasteiger partial charge in [-0.2, -0.15) is 0 Å². The molecular weight excluding hydrogens is 566 g/mol. The van der Waals surface area contributed by atoms with E-state index < -0.39 is 29.9 Å². The molecule has 11 nitrogen and oxygen atoms in total. The Kier molecular flexibility index (Phi) is 12.1. The van der Waals surface area contributed by atoms with Crippen molar-refractivity contribution in [1.29, 1.82) is 5.41 Å². The molecule has 3 rings (SSSR count). The number of hydrogen-bond donors (Lipinski definition) is 4. The van der Waals surface area contributed by atoms with E-state index in [1.54, 1.807) is 43.3 Å². The predicted molar refractivity (Wildman–Crippen MR) is 163 cm³/mol. The molecule has 0 heterocycles. The second-order valence-electron chi connectivity index (χ2n) is 9.43. The fourth-order valence-corrected chi connectivity index (χ4v) is 3.70. The molecule has 5 N–H and O–H groups in total. The van der Waals surface area contributed by atoms with Crippen LogP contribution < -0.4 is 15.8 Å². The molecule has 0 spiro atoms. The molecule has 3 aromatic carbocycles. The first kappa shape index (κ1) is 33.0. The average molecular weight is 600 g/mol. The lowest BCUT2D eigenvalue weighted by atomic mass is 10.1. The van der Waals surface area contributed by atoms with Crippen LogP contribution in [-0.2, 0) is 30.5 Å². The minimum atomic E-state index is -1.23. The van der Waals surface area contributed by atoms with Crippen LogP contribution in [0.5, 0.6) is 5.75 Å². The highest BCUT2D eigenvalue weighted by Gasteiger charge is 2.19. The van der Waals surface area contributed by atoms with Gasteiger partial charge in [0.05, 0.1) is 17.7 Å². The number of benzene rings is 3. The number of carbonyl (C=O) groups is 4. The number of amidine groups is 1. The van der Waals surface area contributed by atoms with Gasteiger partial charge in [0.15, 0.2) is 0 Å². The molecule has 1 unspecified atom stereocenters. The second kappa shape index (κ2) is 16.2. The summed E-state index contributed by atoms with van der Waals surface area (Å²) in [6.45, 7) is 3.10. The fraction of sp³-hybridized carbons (Fsp3) is 0.182. The van der Waals surface area contributed by atoms with Gasteiger partial charge in [-0.15, -0.1) is 0 Å². The van der Waals surface area contributed by atoms with Crippen molar-refractivity contribution in [3.05, 3.63) is 118 Å². The number of carboxylic acids is 1. The van der Waals surface area contributed by atoms with Gasteiger partial charge in [-0.25, -0.2) is 14.4 Å². The molecule has 0 saturated carbocycles. The van der Waals surface area contributed by atoms with Gasteiger partial charge in [0.2, 0.25) is 0 Å². The monoisotopic (exact) mass is 599 g/mol. The lowest BCUT2D eigenvalue weighted by Gasteiger charge is -2.14. The Labute approximate surface area is 254 Å². The van der Waals surface area contributed by atoms with Gasteiger partial charge >= 0.3 is 23.9 Å². The summed E-state index contributed by atoms with van der Waals surface area (Å²) in [6.07, 6.45) is 2.73. The Balaban J connectivity index is 1.58. The standard InChI is InChI=1S/C33H33N3O8/c1-3-42-31(39)26(18-28(34)33(41)43-20-23-7-5-4-6-8-23)19-36-29(35)24-13-15-27(16-14-24)44-32(40)25-11-9-22(10-12-25)17-21(2)30(37)38/h4-18,28H,3,19-20,34H2,1-2H3,(H2,35,36)(H,37,38). The fourth-order valence-electron chi connectivity index (χ4n) is 3.70. The maximum Gasteiger partial charge on any atom is 0.343 e. The molecular formula is C33H33N3O8. The van der Waals surface area contributed by atoms with Gasteiger partial charge in [-0.05, 0) is 73.5 Å². The summed E-state index contributed by atoms with van der Waals surface area (Å²) in [4.78, 5) is 48.4. The third-order valence-electron chi connectivity index (χ3n) is 6.09. The first-order valence-electron chi connectivity index (χ1n) is 13.6. The first-order chi connectivity index (χ1) is 21.1. The number of rotatable bonds is 13. The largest absolute Gasteiger partial charge is 0.478 e. The van der Waals surface area contributed by atoms with Gasteiger partial charge in [0.1, 0.15) is 24.2 Å². The molecule has 0 aromatic heterocycles. The topological polar surface area (TPSA) is 178 Å². The van der Waals surface area contributed by atoms with Crippen LogP contribution in [0.3, 0.4) is 0 Å². The van der Waals surface area contributed by atoms with E-state index in [2.05, 4.69) is 5.32 Å². The maximum atomic E-state index is 12.5. The molecule has 3 aromatic rings. The average Bonchev–Trinajstić information content (AvgIpc) is 3.02. The van der Waals surface area contributed by atoms with E-state index in [9.17, 15) is 19.2 Å². The van der Waals surface area contributed by atoms with Crippen molar-refractivity contribution in [1.82, 2.24) is 5.32 Å². The number of ether oxygens (including phenoxy) is 3. The summed E-state index contributed by atoms with van der Waals surface area (Å²) < 4.78 is 15.7. The van der Waals surface area contributed by atoms with Crippen LogP contribution in [0.15, 0.2) is 96.1 Å². The van der Waals surface area contributed by atoms with E-state index in [1.165, 1.54) is 43.3 Å². The number of hydrogen-bond acceptors (Lipinski definition) is 9. The van der Waals surface area contributed by atoms with Gasteiger partial charge in [0, 0.05) is 17.7 Å². The zero-order valence-corrected chi connectivity index (χ0v) is 24.2. The van der Waals surface area contributed by atoms with Gasteiger partial charge < -0.3 is 30.4 Å². The number of nitrogens with two attached hydrogens (primary N) is 1. The lowest BCUT2D eigenvalue weighted by Crippen LogP contribution is -2.34. The number of carboxylic acid groups (broad SMARTS) is 1. The second-order valence-corrected chi connectivity index (χ2v) is 9.43.